The Bertz CT molecular complexity index is 836. The van der Waals surface area contributed by atoms with Gasteiger partial charge in [-0.15, -0.1) is 0 Å². The van der Waals surface area contributed by atoms with Gasteiger partial charge in [-0.3, -0.25) is 9.48 Å². The largest absolute Gasteiger partial charge is 0.371 e. The molecule has 0 spiro atoms. The Hall–Kier alpha value is -2.67. The number of nitrogens with one attached hydrogen (secondary N) is 1. The zero-order chi connectivity index (χ0) is 16.5. The summed E-state index contributed by atoms with van der Waals surface area (Å²) in [6.07, 6.45) is 8.97. The lowest BCUT2D eigenvalue weighted by Gasteiger charge is -2.31. The molecule has 1 saturated heterocycles. The Balaban J connectivity index is 1.54. The predicted octanol–water partition coefficient (Wildman–Crippen LogP) is 1.72. The second-order valence-electron chi connectivity index (χ2n) is 6.05. The maximum Gasteiger partial charge on any atom is 0.271 e. The fourth-order valence-electron chi connectivity index (χ4n) is 3.13. The molecule has 1 aliphatic heterocycles. The van der Waals surface area contributed by atoms with Crippen LogP contribution in [0.15, 0.2) is 43.0 Å². The van der Waals surface area contributed by atoms with Gasteiger partial charge in [0.1, 0.15) is 17.4 Å². The molecule has 4 rings (SSSR count). The standard InChI is InChI=1S/C17H19N5O2/c1-21-10-12(9-18-21)16-13(5-4-8-24-16)20-17(23)14-11-22-7-3-2-6-15(22)19-14/h2-3,6-7,9-11,13,16H,4-5,8H2,1H3,(H,20,23)/t13-,16+/m0/s1. The number of aryl methyl sites for hydroxylation is 1. The molecule has 0 saturated carbocycles. The van der Waals surface area contributed by atoms with Crippen molar-refractivity contribution < 1.29 is 9.53 Å². The van der Waals surface area contributed by atoms with Gasteiger partial charge in [-0.25, -0.2) is 4.98 Å². The monoisotopic (exact) mass is 325 g/mol. The summed E-state index contributed by atoms with van der Waals surface area (Å²) in [6, 6.07) is 5.60. The van der Waals surface area contributed by atoms with Crippen molar-refractivity contribution in [2.24, 2.45) is 7.05 Å². The SMILES string of the molecule is Cn1cc([C@H]2OCCC[C@@H]2NC(=O)c2cn3ccccc3n2)cn1. The fraction of sp³-hybridized carbons (Fsp3) is 0.353. The molecule has 24 heavy (non-hydrogen) atoms. The number of aromatic nitrogens is 4. The van der Waals surface area contributed by atoms with Crippen LogP contribution in [0.3, 0.4) is 0 Å². The van der Waals surface area contributed by atoms with Crippen molar-refractivity contribution >= 4 is 11.6 Å². The van der Waals surface area contributed by atoms with E-state index in [2.05, 4.69) is 15.4 Å². The lowest BCUT2D eigenvalue weighted by Crippen LogP contribution is -2.42. The minimum atomic E-state index is -0.178. The highest BCUT2D eigenvalue weighted by Gasteiger charge is 2.30. The van der Waals surface area contributed by atoms with Gasteiger partial charge >= 0.3 is 0 Å². The first kappa shape index (κ1) is 14.9. The summed E-state index contributed by atoms with van der Waals surface area (Å²) in [6.45, 7) is 0.695. The smallest absolute Gasteiger partial charge is 0.271 e. The van der Waals surface area contributed by atoms with Gasteiger partial charge < -0.3 is 14.5 Å². The molecule has 3 aromatic heterocycles. The van der Waals surface area contributed by atoms with Crippen LogP contribution in [-0.4, -0.2) is 37.7 Å². The number of hydrogen-bond donors (Lipinski definition) is 1. The quantitative estimate of drug-likeness (QED) is 0.796. The molecule has 1 N–H and O–H groups in total. The zero-order valence-electron chi connectivity index (χ0n) is 13.4. The van der Waals surface area contributed by atoms with Crippen LogP contribution in [0.1, 0.15) is 35.0 Å². The normalized spacial score (nSPS) is 21.0. The molecule has 4 heterocycles. The molecule has 0 bridgehead atoms. The van der Waals surface area contributed by atoms with Gasteiger partial charge in [0.25, 0.3) is 5.91 Å². The minimum Gasteiger partial charge on any atom is -0.371 e. The minimum absolute atomic E-state index is 0.0831. The van der Waals surface area contributed by atoms with Gasteiger partial charge in [-0.2, -0.15) is 5.10 Å². The molecule has 2 atom stereocenters. The molecule has 7 heteroatoms. The molecule has 124 valence electrons. The van der Waals surface area contributed by atoms with Gasteiger partial charge in [0, 0.05) is 37.8 Å². The first-order chi connectivity index (χ1) is 11.7. The lowest BCUT2D eigenvalue weighted by molar-refractivity contribution is -0.00954. The highest BCUT2D eigenvalue weighted by molar-refractivity contribution is 5.93. The number of ether oxygens (including phenoxy) is 1. The highest BCUT2D eigenvalue weighted by atomic mass is 16.5. The Morgan fingerprint density at radius 3 is 3.08 bits per heavy atom. The van der Waals surface area contributed by atoms with Crippen LogP contribution in [0.4, 0.5) is 0 Å². The van der Waals surface area contributed by atoms with E-state index >= 15 is 0 Å². The molecule has 1 fully saturated rings. The van der Waals surface area contributed by atoms with Gasteiger partial charge in [-0.05, 0) is 25.0 Å². The van der Waals surface area contributed by atoms with Crippen LogP contribution in [0.5, 0.6) is 0 Å². The first-order valence-electron chi connectivity index (χ1n) is 8.05. The number of carbonyl (C=O) groups excluding carboxylic acids is 1. The topological polar surface area (TPSA) is 73.5 Å². The summed E-state index contributed by atoms with van der Waals surface area (Å²) in [5.41, 5.74) is 2.15. The van der Waals surface area contributed by atoms with E-state index in [-0.39, 0.29) is 18.1 Å². The van der Waals surface area contributed by atoms with E-state index in [1.807, 2.05) is 42.0 Å². The summed E-state index contributed by atoms with van der Waals surface area (Å²) in [7, 11) is 1.87. The Morgan fingerprint density at radius 2 is 2.29 bits per heavy atom. The van der Waals surface area contributed by atoms with Crippen molar-refractivity contribution in [3.05, 3.63) is 54.2 Å². The number of imidazole rings is 1. The van der Waals surface area contributed by atoms with Crippen LogP contribution in [0.25, 0.3) is 5.65 Å². The fourth-order valence-corrected chi connectivity index (χ4v) is 3.13. The second-order valence-corrected chi connectivity index (χ2v) is 6.05. The molecular weight excluding hydrogens is 306 g/mol. The van der Waals surface area contributed by atoms with E-state index < -0.39 is 0 Å². The van der Waals surface area contributed by atoms with E-state index in [4.69, 9.17) is 4.74 Å². The van der Waals surface area contributed by atoms with E-state index in [1.54, 1.807) is 17.1 Å². The number of amides is 1. The van der Waals surface area contributed by atoms with Crippen LogP contribution in [-0.2, 0) is 11.8 Å². The number of pyridine rings is 1. The Labute approximate surface area is 139 Å². The molecule has 0 aromatic carbocycles. The molecule has 1 amide bonds. The lowest BCUT2D eigenvalue weighted by atomic mass is 9.98. The van der Waals surface area contributed by atoms with Gasteiger partial charge in [0.2, 0.25) is 0 Å². The number of rotatable bonds is 3. The molecular formula is C17H19N5O2. The molecule has 0 radical (unpaired) electrons. The molecule has 1 aliphatic rings. The average Bonchev–Trinajstić information content (AvgIpc) is 3.21. The van der Waals surface area contributed by atoms with Gasteiger partial charge in [0.15, 0.2) is 0 Å². The van der Waals surface area contributed by atoms with Crippen LogP contribution in [0, 0.1) is 0 Å². The third-order valence-corrected chi connectivity index (χ3v) is 4.29. The van der Waals surface area contributed by atoms with Crippen LogP contribution in [0.2, 0.25) is 0 Å². The number of nitrogens with zero attached hydrogens (tertiary/aromatic N) is 4. The third kappa shape index (κ3) is 2.78. The first-order valence-corrected chi connectivity index (χ1v) is 8.05. The molecule has 7 nitrogen and oxygen atoms in total. The van der Waals surface area contributed by atoms with Crippen molar-refractivity contribution in [1.29, 1.82) is 0 Å². The van der Waals surface area contributed by atoms with Crippen molar-refractivity contribution in [1.82, 2.24) is 24.5 Å². The van der Waals surface area contributed by atoms with Crippen molar-refractivity contribution in [2.75, 3.05) is 6.61 Å². The summed E-state index contributed by atoms with van der Waals surface area (Å²) >= 11 is 0. The van der Waals surface area contributed by atoms with Crippen molar-refractivity contribution in [3.63, 3.8) is 0 Å². The number of hydrogen-bond acceptors (Lipinski definition) is 4. The summed E-state index contributed by atoms with van der Waals surface area (Å²) in [5, 5.41) is 7.28. The van der Waals surface area contributed by atoms with Crippen molar-refractivity contribution in [2.45, 2.75) is 25.0 Å². The molecule has 3 aromatic rings. The van der Waals surface area contributed by atoms with Crippen molar-refractivity contribution in [3.8, 4) is 0 Å². The summed E-state index contributed by atoms with van der Waals surface area (Å²) in [5.74, 6) is -0.178. The third-order valence-electron chi connectivity index (χ3n) is 4.29. The maximum absolute atomic E-state index is 12.6. The van der Waals surface area contributed by atoms with Gasteiger partial charge in [-0.1, -0.05) is 6.07 Å². The van der Waals surface area contributed by atoms with E-state index in [0.29, 0.717) is 12.3 Å². The van der Waals surface area contributed by atoms with Gasteiger partial charge in [0.05, 0.1) is 12.2 Å². The van der Waals surface area contributed by atoms with Crippen LogP contribution >= 0.6 is 0 Å². The highest BCUT2D eigenvalue weighted by Crippen LogP contribution is 2.28. The Kier molecular flexibility index (Phi) is 3.78. The zero-order valence-corrected chi connectivity index (χ0v) is 13.4. The Morgan fingerprint density at radius 1 is 1.38 bits per heavy atom. The van der Waals surface area contributed by atoms with Crippen LogP contribution < -0.4 is 5.32 Å². The molecule has 0 aliphatic carbocycles. The van der Waals surface area contributed by atoms with E-state index in [1.165, 1.54) is 0 Å². The number of carbonyl (C=O) groups is 1. The number of fused-ring (bicyclic) bond motifs is 1. The van der Waals surface area contributed by atoms with E-state index in [0.717, 1.165) is 24.1 Å². The summed E-state index contributed by atoms with van der Waals surface area (Å²) < 4.78 is 9.47. The second kappa shape index (κ2) is 6.09. The van der Waals surface area contributed by atoms with E-state index in [9.17, 15) is 4.79 Å². The molecule has 0 unspecified atom stereocenters. The average molecular weight is 325 g/mol. The maximum atomic E-state index is 12.6. The summed E-state index contributed by atoms with van der Waals surface area (Å²) in [4.78, 5) is 17.0. The predicted molar refractivity (Wildman–Crippen MR) is 87.6 cm³/mol.